The van der Waals surface area contributed by atoms with Gasteiger partial charge in [0.2, 0.25) is 0 Å². The van der Waals surface area contributed by atoms with Gasteiger partial charge in [0, 0.05) is 32.9 Å². The van der Waals surface area contributed by atoms with Crippen LogP contribution in [0.15, 0.2) is 42.5 Å². The van der Waals surface area contributed by atoms with Crippen LogP contribution in [0.25, 0.3) is 20.2 Å². The number of nitrogens with one attached hydrogen (secondary N) is 1. The van der Waals surface area contributed by atoms with Gasteiger partial charge in [-0.2, -0.15) is 0 Å². The van der Waals surface area contributed by atoms with E-state index in [2.05, 4.69) is 47.8 Å². The molecule has 1 aromatic heterocycles. The molecule has 3 aromatic rings. The zero-order valence-electron chi connectivity index (χ0n) is 8.45. The zero-order chi connectivity index (χ0) is 10.3. The monoisotopic (exact) mass is 213 g/mol. The average Bonchev–Trinajstić information content (AvgIpc) is 2.66. The van der Waals surface area contributed by atoms with E-state index in [1.807, 2.05) is 18.4 Å². The van der Waals surface area contributed by atoms with Crippen molar-refractivity contribution in [3.63, 3.8) is 0 Å². The third-order valence-corrected chi connectivity index (χ3v) is 3.82. The van der Waals surface area contributed by atoms with Crippen LogP contribution in [0, 0.1) is 0 Å². The Balaban J connectivity index is 2.46. The molecule has 15 heavy (non-hydrogen) atoms. The van der Waals surface area contributed by atoms with Crippen LogP contribution >= 0.6 is 11.3 Å². The molecule has 0 saturated heterocycles. The second kappa shape index (κ2) is 3.24. The van der Waals surface area contributed by atoms with Crippen molar-refractivity contribution in [1.29, 1.82) is 0 Å². The van der Waals surface area contributed by atoms with Gasteiger partial charge in [0.1, 0.15) is 0 Å². The number of fused-ring (bicyclic) bond motifs is 3. The molecule has 0 saturated carbocycles. The smallest absolute Gasteiger partial charge is 0.0356 e. The molecule has 0 spiro atoms. The van der Waals surface area contributed by atoms with Crippen molar-refractivity contribution in [1.82, 2.24) is 0 Å². The van der Waals surface area contributed by atoms with Crippen molar-refractivity contribution in [3.05, 3.63) is 42.5 Å². The fraction of sp³-hybridized carbons (Fsp3) is 0.0769. The van der Waals surface area contributed by atoms with Crippen molar-refractivity contribution in [2.75, 3.05) is 12.4 Å². The van der Waals surface area contributed by atoms with Crippen LogP contribution in [0.3, 0.4) is 0 Å². The normalized spacial score (nSPS) is 11.0. The first-order chi connectivity index (χ1) is 7.38. The summed E-state index contributed by atoms with van der Waals surface area (Å²) in [6, 6.07) is 15.1. The lowest BCUT2D eigenvalue weighted by Gasteiger charge is -1.98. The van der Waals surface area contributed by atoms with Crippen LogP contribution in [-0.2, 0) is 0 Å². The summed E-state index contributed by atoms with van der Waals surface area (Å²) in [6.07, 6.45) is 0. The average molecular weight is 213 g/mol. The maximum atomic E-state index is 3.18. The summed E-state index contributed by atoms with van der Waals surface area (Å²) in [7, 11) is 1.95. The molecule has 2 aromatic carbocycles. The van der Waals surface area contributed by atoms with Gasteiger partial charge >= 0.3 is 0 Å². The van der Waals surface area contributed by atoms with E-state index in [-0.39, 0.29) is 0 Å². The van der Waals surface area contributed by atoms with E-state index in [4.69, 9.17) is 0 Å². The molecule has 0 bridgehead atoms. The number of hydrogen-bond acceptors (Lipinski definition) is 2. The quantitative estimate of drug-likeness (QED) is 0.641. The van der Waals surface area contributed by atoms with Gasteiger partial charge in [0.05, 0.1) is 0 Å². The summed E-state index contributed by atoms with van der Waals surface area (Å²) < 4.78 is 2.72. The van der Waals surface area contributed by atoms with Crippen LogP contribution in [0.2, 0.25) is 0 Å². The summed E-state index contributed by atoms with van der Waals surface area (Å²) in [4.78, 5) is 0. The molecule has 2 heteroatoms. The molecule has 74 valence electrons. The fourth-order valence-electron chi connectivity index (χ4n) is 1.88. The predicted molar refractivity (Wildman–Crippen MR) is 68.9 cm³/mol. The summed E-state index contributed by atoms with van der Waals surface area (Å²) in [5.74, 6) is 0. The highest BCUT2D eigenvalue weighted by Gasteiger charge is 2.03. The Hall–Kier alpha value is -1.54. The van der Waals surface area contributed by atoms with Crippen LogP contribution in [0.5, 0.6) is 0 Å². The molecular weight excluding hydrogens is 202 g/mol. The van der Waals surface area contributed by atoms with Crippen molar-refractivity contribution in [3.8, 4) is 0 Å². The lowest BCUT2D eigenvalue weighted by molar-refractivity contribution is 1.54. The Labute approximate surface area is 92.3 Å². The Bertz CT molecular complexity index is 625. The second-order valence-electron chi connectivity index (χ2n) is 3.56. The first-order valence-electron chi connectivity index (χ1n) is 4.97. The van der Waals surface area contributed by atoms with Gasteiger partial charge in [-0.3, -0.25) is 0 Å². The summed E-state index contributed by atoms with van der Waals surface area (Å²) in [5, 5.41) is 5.88. The third-order valence-electron chi connectivity index (χ3n) is 2.67. The molecule has 3 rings (SSSR count). The highest BCUT2D eigenvalue weighted by molar-refractivity contribution is 7.25. The Kier molecular flexibility index (Phi) is 1.89. The van der Waals surface area contributed by atoms with E-state index in [1.54, 1.807) is 0 Å². The first kappa shape index (κ1) is 8.74. The first-order valence-corrected chi connectivity index (χ1v) is 5.79. The molecule has 1 N–H and O–H groups in total. The molecule has 0 amide bonds. The van der Waals surface area contributed by atoms with E-state index < -0.39 is 0 Å². The van der Waals surface area contributed by atoms with Crippen molar-refractivity contribution >= 4 is 37.2 Å². The molecule has 0 fully saturated rings. The molecule has 1 nitrogen and oxygen atoms in total. The number of anilines is 1. The van der Waals surface area contributed by atoms with Gasteiger partial charge in [-0.1, -0.05) is 18.2 Å². The molecule has 0 aliphatic rings. The summed E-state index contributed by atoms with van der Waals surface area (Å²) in [6.45, 7) is 0. The minimum Gasteiger partial charge on any atom is -0.388 e. The van der Waals surface area contributed by atoms with E-state index in [0.717, 1.165) is 0 Å². The zero-order valence-corrected chi connectivity index (χ0v) is 9.27. The molecular formula is C13H11NS. The van der Waals surface area contributed by atoms with Gasteiger partial charge in [0.15, 0.2) is 0 Å². The lowest BCUT2D eigenvalue weighted by atomic mass is 10.1. The van der Waals surface area contributed by atoms with Crippen molar-refractivity contribution in [2.45, 2.75) is 0 Å². The Morgan fingerprint density at radius 2 is 1.73 bits per heavy atom. The highest BCUT2D eigenvalue weighted by Crippen LogP contribution is 2.34. The molecule has 0 unspecified atom stereocenters. The number of benzene rings is 2. The van der Waals surface area contributed by atoms with E-state index in [0.29, 0.717) is 0 Å². The van der Waals surface area contributed by atoms with Gasteiger partial charge in [-0.05, 0) is 24.3 Å². The summed E-state index contributed by atoms with van der Waals surface area (Å²) >= 11 is 1.85. The number of rotatable bonds is 1. The van der Waals surface area contributed by atoms with E-state index >= 15 is 0 Å². The predicted octanol–water partition coefficient (Wildman–Crippen LogP) is 4.10. The Morgan fingerprint density at radius 3 is 2.60 bits per heavy atom. The maximum absolute atomic E-state index is 3.18. The van der Waals surface area contributed by atoms with E-state index in [1.165, 1.54) is 25.9 Å². The van der Waals surface area contributed by atoms with Crippen molar-refractivity contribution < 1.29 is 0 Å². The van der Waals surface area contributed by atoms with Gasteiger partial charge in [-0.15, -0.1) is 11.3 Å². The second-order valence-corrected chi connectivity index (χ2v) is 4.64. The van der Waals surface area contributed by atoms with Gasteiger partial charge in [0.25, 0.3) is 0 Å². The topological polar surface area (TPSA) is 12.0 Å². The minimum absolute atomic E-state index is 1.17. The third kappa shape index (κ3) is 1.29. The van der Waals surface area contributed by atoms with Crippen LogP contribution < -0.4 is 5.32 Å². The fourth-order valence-corrected chi connectivity index (χ4v) is 2.97. The standard InChI is InChI=1S/C13H11NS/c1-14-9-6-7-13-11(8-9)10-4-2-3-5-12(10)15-13/h2-8,14H,1H3. The maximum Gasteiger partial charge on any atom is 0.0356 e. The van der Waals surface area contributed by atoms with Crippen LogP contribution in [-0.4, -0.2) is 7.05 Å². The van der Waals surface area contributed by atoms with Crippen LogP contribution in [0.4, 0.5) is 5.69 Å². The number of hydrogen-bond donors (Lipinski definition) is 1. The van der Waals surface area contributed by atoms with Crippen molar-refractivity contribution in [2.24, 2.45) is 0 Å². The number of thiophene rings is 1. The summed E-state index contributed by atoms with van der Waals surface area (Å²) in [5.41, 5.74) is 1.17. The largest absolute Gasteiger partial charge is 0.388 e. The molecule has 0 atom stereocenters. The highest BCUT2D eigenvalue weighted by atomic mass is 32.1. The molecule has 0 aliphatic carbocycles. The minimum atomic E-state index is 1.17. The lowest BCUT2D eigenvalue weighted by Crippen LogP contribution is -1.85. The van der Waals surface area contributed by atoms with Gasteiger partial charge < -0.3 is 5.32 Å². The van der Waals surface area contributed by atoms with Crippen LogP contribution in [0.1, 0.15) is 0 Å². The van der Waals surface area contributed by atoms with Gasteiger partial charge in [-0.25, -0.2) is 0 Å². The molecule has 0 aliphatic heterocycles. The SMILES string of the molecule is CNc1ccc2sc3ccccc3c2c1. The molecule has 0 radical (unpaired) electrons. The van der Waals surface area contributed by atoms with E-state index in [9.17, 15) is 0 Å². The molecule has 1 heterocycles. The Morgan fingerprint density at radius 1 is 0.933 bits per heavy atom.